The minimum atomic E-state index is -5.99. The minimum Gasteiger partial charge on any atom is -0.497 e. The van der Waals surface area contributed by atoms with Gasteiger partial charge in [-0.15, -0.1) is 0 Å². The van der Waals surface area contributed by atoms with Gasteiger partial charge in [-0.25, -0.2) is 9.07 Å². The van der Waals surface area contributed by atoms with Crippen molar-refractivity contribution in [3.8, 4) is 11.4 Å². The van der Waals surface area contributed by atoms with Crippen LogP contribution in [0.4, 0.5) is 17.6 Å². The molecular weight excluding hydrogens is 516 g/mol. The molecule has 0 aliphatic carbocycles. The second-order valence-corrected chi connectivity index (χ2v) is 9.10. The van der Waals surface area contributed by atoms with Crippen LogP contribution in [0.1, 0.15) is 29.8 Å². The Bertz CT molecular complexity index is 1320. The molecule has 35 heavy (non-hydrogen) atoms. The molecule has 0 amide bonds. The SMILES string of the molecule is C=C(OS(=O)(=O)C(F)(F)F)c1cc(Cl)nn1-c1ccc(F)cc1[C@@H](C)OCc1ccc(OC)cc1. The van der Waals surface area contributed by atoms with E-state index < -0.39 is 33.3 Å². The van der Waals surface area contributed by atoms with Crippen molar-refractivity contribution in [1.29, 1.82) is 0 Å². The van der Waals surface area contributed by atoms with E-state index in [0.717, 1.165) is 28.4 Å². The summed E-state index contributed by atoms with van der Waals surface area (Å²) in [6, 6.07) is 11.7. The van der Waals surface area contributed by atoms with E-state index in [4.69, 9.17) is 21.1 Å². The van der Waals surface area contributed by atoms with Gasteiger partial charge >= 0.3 is 15.6 Å². The van der Waals surface area contributed by atoms with Crippen LogP contribution in [0.15, 0.2) is 55.1 Å². The van der Waals surface area contributed by atoms with Crippen LogP contribution in [0.3, 0.4) is 0 Å². The van der Waals surface area contributed by atoms with Crippen molar-refractivity contribution in [2.75, 3.05) is 7.11 Å². The van der Waals surface area contributed by atoms with E-state index in [1.807, 2.05) is 0 Å². The van der Waals surface area contributed by atoms with Crippen molar-refractivity contribution in [2.24, 2.45) is 0 Å². The Balaban J connectivity index is 1.93. The van der Waals surface area contributed by atoms with Crippen LogP contribution >= 0.6 is 11.6 Å². The topological polar surface area (TPSA) is 79.7 Å². The molecule has 0 saturated heterocycles. The van der Waals surface area contributed by atoms with E-state index in [0.29, 0.717) is 5.75 Å². The maximum Gasteiger partial charge on any atom is 0.534 e. The third kappa shape index (κ3) is 6.13. The molecule has 0 fully saturated rings. The number of benzene rings is 2. The normalized spacial score (nSPS) is 12.9. The summed E-state index contributed by atoms with van der Waals surface area (Å²) in [7, 11) is -4.45. The molecule has 0 bridgehead atoms. The van der Waals surface area contributed by atoms with Crippen molar-refractivity contribution in [3.05, 3.63) is 82.9 Å². The van der Waals surface area contributed by atoms with Crippen molar-refractivity contribution in [3.63, 3.8) is 0 Å². The first-order chi connectivity index (χ1) is 16.3. The molecule has 0 N–H and O–H groups in total. The van der Waals surface area contributed by atoms with Crippen LogP contribution in [0.2, 0.25) is 5.15 Å². The summed E-state index contributed by atoms with van der Waals surface area (Å²) >= 11 is 5.93. The van der Waals surface area contributed by atoms with E-state index >= 15 is 0 Å². The molecule has 0 saturated carbocycles. The summed E-state index contributed by atoms with van der Waals surface area (Å²) in [6.45, 7) is 5.05. The number of aromatic nitrogens is 2. The summed E-state index contributed by atoms with van der Waals surface area (Å²) in [5.74, 6) is -0.839. The number of alkyl halides is 3. The van der Waals surface area contributed by atoms with Gasteiger partial charge in [0.25, 0.3) is 0 Å². The zero-order chi connectivity index (χ0) is 26.0. The summed E-state index contributed by atoms with van der Waals surface area (Å²) in [6.07, 6.45) is -0.730. The molecule has 3 aromatic rings. The Morgan fingerprint density at radius 1 is 1.17 bits per heavy atom. The molecule has 1 atom stereocenters. The van der Waals surface area contributed by atoms with Crippen LogP contribution in [-0.2, 0) is 25.6 Å². The molecule has 1 heterocycles. The van der Waals surface area contributed by atoms with Gasteiger partial charge in [0, 0.05) is 11.6 Å². The Morgan fingerprint density at radius 2 is 1.83 bits per heavy atom. The molecular formula is C22H19ClF4N2O5S. The monoisotopic (exact) mass is 534 g/mol. The summed E-state index contributed by atoms with van der Waals surface area (Å²) in [5, 5.41) is 3.78. The van der Waals surface area contributed by atoms with Crippen LogP contribution in [0.5, 0.6) is 5.75 Å². The van der Waals surface area contributed by atoms with Gasteiger partial charge in [0.1, 0.15) is 17.3 Å². The van der Waals surface area contributed by atoms with Crippen molar-refractivity contribution < 1.29 is 39.6 Å². The van der Waals surface area contributed by atoms with Gasteiger partial charge < -0.3 is 13.7 Å². The standard InChI is InChI=1S/C22H19ClF4N2O5S/c1-13(33-12-15-4-7-17(32-3)8-5-15)18-10-16(24)6-9-19(18)29-20(11-21(23)28-29)14(2)34-35(30,31)22(25,26)27/h4-11,13H,2,12H2,1,3H3/t13-/m1/s1. The fourth-order valence-corrected chi connectivity index (χ4v) is 3.66. The molecule has 0 spiro atoms. The number of ether oxygens (including phenoxy) is 2. The largest absolute Gasteiger partial charge is 0.534 e. The highest BCUT2D eigenvalue weighted by Crippen LogP contribution is 2.33. The van der Waals surface area contributed by atoms with Crippen molar-refractivity contribution in [1.82, 2.24) is 9.78 Å². The van der Waals surface area contributed by atoms with Crippen LogP contribution in [0.25, 0.3) is 11.4 Å². The number of methoxy groups -OCH3 is 1. The van der Waals surface area contributed by atoms with E-state index in [1.165, 1.54) is 13.2 Å². The van der Waals surface area contributed by atoms with Crippen molar-refractivity contribution in [2.45, 2.75) is 25.1 Å². The maximum absolute atomic E-state index is 14.1. The average Bonchev–Trinajstić information content (AvgIpc) is 3.18. The van der Waals surface area contributed by atoms with E-state index in [9.17, 15) is 26.0 Å². The Labute approximate surface area is 203 Å². The summed E-state index contributed by atoms with van der Waals surface area (Å²) in [4.78, 5) is 0. The fourth-order valence-electron chi connectivity index (χ4n) is 3.03. The Hall–Kier alpha value is -3.09. The molecule has 188 valence electrons. The number of nitrogens with zero attached hydrogens (tertiary/aromatic N) is 2. The van der Waals surface area contributed by atoms with Gasteiger partial charge in [0.15, 0.2) is 10.9 Å². The predicted molar refractivity (Wildman–Crippen MR) is 120 cm³/mol. The summed E-state index contributed by atoms with van der Waals surface area (Å²) in [5.41, 5.74) is -4.75. The zero-order valence-electron chi connectivity index (χ0n) is 18.3. The molecule has 0 unspecified atom stereocenters. The third-order valence-corrected chi connectivity index (χ3v) is 5.95. The predicted octanol–water partition coefficient (Wildman–Crippen LogP) is 5.79. The van der Waals surface area contributed by atoms with E-state index in [1.54, 1.807) is 31.2 Å². The molecule has 0 radical (unpaired) electrons. The smallest absolute Gasteiger partial charge is 0.497 e. The molecule has 3 rings (SSSR count). The molecule has 0 aliphatic heterocycles. The van der Waals surface area contributed by atoms with Crippen LogP contribution < -0.4 is 4.74 Å². The number of halogens is 5. The first-order valence-corrected chi connectivity index (χ1v) is 11.6. The average molecular weight is 535 g/mol. The van der Waals surface area contributed by atoms with Gasteiger partial charge in [-0.05, 0) is 42.8 Å². The number of hydrogen-bond donors (Lipinski definition) is 0. The van der Waals surface area contributed by atoms with Crippen LogP contribution in [0, 0.1) is 5.82 Å². The van der Waals surface area contributed by atoms with Gasteiger partial charge in [-0.3, -0.25) is 0 Å². The Kier molecular flexibility index (Phi) is 7.77. The lowest BCUT2D eigenvalue weighted by molar-refractivity contribution is -0.0509. The first-order valence-electron chi connectivity index (χ1n) is 9.82. The Morgan fingerprint density at radius 3 is 2.43 bits per heavy atom. The van der Waals surface area contributed by atoms with E-state index in [2.05, 4.69) is 15.9 Å². The second-order valence-electron chi connectivity index (χ2n) is 7.17. The lowest BCUT2D eigenvalue weighted by Crippen LogP contribution is -2.25. The lowest BCUT2D eigenvalue weighted by Gasteiger charge is -2.19. The quantitative estimate of drug-likeness (QED) is 0.150. The first kappa shape index (κ1) is 26.5. The third-order valence-electron chi connectivity index (χ3n) is 4.77. The highest BCUT2D eigenvalue weighted by molar-refractivity contribution is 7.87. The van der Waals surface area contributed by atoms with E-state index in [-0.39, 0.29) is 28.7 Å². The number of rotatable bonds is 9. The molecule has 7 nitrogen and oxygen atoms in total. The maximum atomic E-state index is 14.1. The van der Waals surface area contributed by atoms with Gasteiger partial charge in [0.2, 0.25) is 0 Å². The van der Waals surface area contributed by atoms with Gasteiger partial charge in [-0.2, -0.15) is 26.7 Å². The highest BCUT2D eigenvalue weighted by atomic mass is 35.5. The highest BCUT2D eigenvalue weighted by Gasteiger charge is 2.49. The lowest BCUT2D eigenvalue weighted by atomic mass is 10.1. The molecule has 2 aromatic carbocycles. The van der Waals surface area contributed by atoms with Crippen molar-refractivity contribution >= 4 is 27.5 Å². The summed E-state index contributed by atoms with van der Waals surface area (Å²) < 4.78 is 91.3. The molecule has 0 aliphatic rings. The minimum absolute atomic E-state index is 0.146. The zero-order valence-corrected chi connectivity index (χ0v) is 19.9. The molecule has 1 aromatic heterocycles. The van der Waals surface area contributed by atoms with Gasteiger partial charge in [0.05, 0.1) is 25.5 Å². The van der Waals surface area contributed by atoms with Crippen LogP contribution in [-0.4, -0.2) is 30.8 Å². The van der Waals surface area contributed by atoms with Gasteiger partial charge in [-0.1, -0.05) is 30.3 Å². The second kappa shape index (κ2) is 10.3. The fraction of sp³-hybridized carbons (Fsp3) is 0.227. The number of hydrogen-bond acceptors (Lipinski definition) is 6. The molecule has 13 heteroatoms.